The average Bonchev–Trinajstić information content (AvgIpc) is 2.69. The first kappa shape index (κ1) is 16.9. The molecule has 1 aromatic heterocycles. The van der Waals surface area contributed by atoms with Gasteiger partial charge in [0.05, 0.1) is 5.56 Å². The molecule has 0 aliphatic carbocycles. The van der Waals surface area contributed by atoms with Crippen LogP contribution in [0.3, 0.4) is 0 Å². The summed E-state index contributed by atoms with van der Waals surface area (Å²) in [5.41, 5.74) is 1.63. The largest absolute Gasteiger partial charge is 0.352 e. The molecule has 1 aliphatic rings. The Balaban J connectivity index is 1.49. The van der Waals surface area contributed by atoms with Crippen LogP contribution in [0, 0.1) is 0 Å². The van der Waals surface area contributed by atoms with Crippen molar-refractivity contribution in [3.63, 3.8) is 0 Å². The molecule has 0 unspecified atom stereocenters. The van der Waals surface area contributed by atoms with Crippen molar-refractivity contribution in [1.82, 2.24) is 20.2 Å². The molecule has 1 saturated heterocycles. The zero-order valence-electron chi connectivity index (χ0n) is 14.0. The Morgan fingerprint density at radius 2 is 1.76 bits per heavy atom. The standard InChI is InChI=1S/C18H21N5O2/c24-14-22-8-10-23(11-9-22)18-20-12-16(13-21-18)17(25)19-7-6-15-4-2-1-3-5-15/h1-5,12-14H,6-11H2,(H,19,25). The lowest BCUT2D eigenvalue weighted by molar-refractivity contribution is -0.118. The second-order valence-electron chi connectivity index (χ2n) is 5.89. The Morgan fingerprint density at radius 1 is 1.08 bits per heavy atom. The average molecular weight is 339 g/mol. The summed E-state index contributed by atoms with van der Waals surface area (Å²) in [5.74, 6) is 0.416. The van der Waals surface area contributed by atoms with Gasteiger partial charge in [-0.1, -0.05) is 30.3 Å². The molecule has 1 aromatic carbocycles. The van der Waals surface area contributed by atoms with Crippen LogP contribution in [0.1, 0.15) is 15.9 Å². The molecule has 0 atom stereocenters. The summed E-state index contributed by atoms with van der Waals surface area (Å²) in [4.78, 5) is 35.2. The highest BCUT2D eigenvalue weighted by Crippen LogP contribution is 2.10. The Hall–Kier alpha value is -2.96. The lowest BCUT2D eigenvalue weighted by Crippen LogP contribution is -2.46. The van der Waals surface area contributed by atoms with E-state index in [1.165, 1.54) is 5.56 Å². The van der Waals surface area contributed by atoms with Gasteiger partial charge >= 0.3 is 0 Å². The number of nitrogens with zero attached hydrogens (tertiary/aromatic N) is 4. The van der Waals surface area contributed by atoms with Gasteiger partial charge in [-0.2, -0.15) is 0 Å². The number of anilines is 1. The van der Waals surface area contributed by atoms with Gasteiger partial charge in [-0.3, -0.25) is 9.59 Å². The normalized spacial score (nSPS) is 14.2. The maximum atomic E-state index is 12.2. The second kappa shape index (κ2) is 8.23. The van der Waals surface area contributed by atoms with Crippen LogP contribution in [-0.4, -0.2) is 59.9 Å². The molecule has 0 saturated carbocycles. The van der Waals surface area contributed by atoms with E-state index in [1.54, 1.807) is 17.3 Å². The number of carbonyl (C=O) groups excluding carboxylic acids is 2. The molecule has 2 heterocycles. The van der Waals surface area contributed by atoms with Crippen LogP contribution in [-0.2, 0) is 11.2 Å². The highest BCUT2D eigenvalue weighted by Gasteiger charge is 2.18. The summed E-state index contributed by atoms with van der Waals surface area (Å²) >= 11 is 0. The zero-order valence-corrected chi connectivity index (χ0v) is 14.0. The van der Waals surface area contributed by atoms with Crippen molar-refractivity contribution in [1.29, 1.82) is 0 Å². The maximum Gasteiger partial charge on any atom is 0.254 e. The third-order valence-corrected chi connectivity index (χ3v) is 4.19. The van der Waals surface area contributed by atoms with Gasteiger partial charge in [-0.25, -0.2) is 9.97 Å². The van der Waals surface area contributed by atoms with Crippen LogP contribution in [0.4, 0.5) is 5.95 Å². The molecule has 1 N–H and O–H groups in total. The van der Waals surface area contributed by atoms with Gasteiger partial charge in [0.1, 0.15) is 0 Å². The summed E-state index contributed by atoms with van der Waals surface area (Å²) in [7, 11) is 0. The summed E-state index contributed by atoms with van der Waals surface area (Å²) in [6.45, 7) is 3.28. The molecule has 2 amide bonds. The first-order valence-corrected chi connectivity index (χ1v) is 8.35. The van der Waals surface area contributed by atoms with Crippen molar-refractivity contribution in [2.24, 2.45) is 0 Å². The van der Waals surface area contributed by atoms with Gasteiger partial charge in [-0.15, -0.1) is 0 Å². The van der Waals surface area contributed by atoms with E-state index in [1.807, 2.05) is 35.2 Å². The van der Waals surface area contributed by atoms with E-state index in [0.717, 1.165) is 12.8 Å². The van der Waals surface area contributed by atoms with E-state index < -0.39 is 0 Å². The molecular formula is C18H21N5O2. The van der Waals surface area contributed by atoms with E-state index in [0.29, 0.717) is 44.2 Å². The van der Waals surface area contributed by atoms with Gasteiger partial charge in [0.2, 0.25) is 12.4 Å². The molecule has 0 radical (unpaired) electrons. The fraction of sp³-hybridized carbons (Fsp3) is 0.333. The molecule has 7 nitrogen and oxygen atoms in total. The van der Waals surface area contributed by atoms with Crippen LogP contribution >= 0.6 is 0 Å². The second-order valence-corrected chi connectivity index (χ2v) is 5.89. The topological polar surface area (TPSA) is 78.4 Å². The van der Waals surface area contributed by atoms with Gasteiger partial charge in [0.15, 0.2) is 0 Å². The monoisotopic (exact) mass is 339 g/mol. The summed E-state index contributed by atoms with van der Waals surface area (Å²) < 4.78 is 0. The number of nitrogens with one attached hydrogen (secondary N) is 1. The minimum atomic E-state index is -0.173. The third kappa shape index (κ3) is 4.53. The molecule has 0 spiro atoms. The van der Waals surface area contributed by atoms with Gasteiger partial charge in [-0.05, 0) is 12.0 Å². The van der Waals surface area contributed by atoms with Crippen molar-refractivity contribution < 1.29 is 9.59 Å². The number of amides is 2. The molecule has 1 aliphatic heterocycles. The Morgan fingerprint density at radius 3 is 2.40 bits per heavy atom. The summed E-state index contributed by atoms with van der Waals surface area (Å²) in [6, 6.07) is 10.0. The molecule has 130 valence electrons. The molecule has 3 rings (SSSR count). The quantitative estimate of drug-likeness (QED) is 0.785. The van der Waals surface area contributed by atoms with Crippen LogP contribution in [0.5, 0.6) is 0 Å². The van der Waals surface area contributed by atoms with E-state index in [-0.39, 0.29) is 5.91 Å². The van der Waals surface area contributed by atoms with Crippen molar-refractivity contribution in [3.05, 3.63) is 53.9 Å². The van der Waals surface area contributed by atoms with Crippen molar-refractivity contribution in [2.45, 2.75) is 6.42 Å². The highest BCUT2D eigenvalue weighted by molar-refractivity contribution is 5.93. The number of benzene rings is 1. The van der Waals surface area contributed by atoms with E-state index >= 15 is 0 Å². The van der Waals surface area contributed by atoms with E-state index in [9.17, 15) is 9.59 Å². The number of hydrogen-bond acceptors (Lipinski definition) is 5. The predicted molar refractivity (Wildman–Crippen MR) is 94.4 cm³/mol. The summed E-state index contributed by atoms with van der Waals surface area (Å²) in [6.07, 6.45) is 4.74. The minimum absolute atomic E-state index is 0.173. The van der Waals surface area contributed by atoms with Gasteiger partial charge in [0, 0.05) is 45.1 Å². The van der Waals surface area contributed by atoms with Crippen LogP contribution < -0.4 is 10.2 Å². The number of aromatic nitrogens is 2. The molecule has 0 bridgehead atoms. The molecular weight excluding hydrogens is 318 g/mol. The van der Waals surface area contributed by atoms with Crippen molar-refractivity contribution in [2.75, 3.05) is 37.6 Å². The zero-order chi connectivity index (χ0) is 17.5. The van der Waals surface area contributed by atoms with Crippen LogP contribution in [0.2, 0.25) is 0 Å². The predicted octanol–water partition coefficient (Wildman–Crippen LogP) is 0.727. The molecule has 2 aromatic rings. The van der Waals surface area contributed by atoms with Gasteiger partial charge in [0.25, 0.3) is 5.91 Å². The van der Waals surface area contributed by atoms with Crippen LogP contribution in [0.25, 0.3) is 0 Å². The SMILES string of the molecule is O=CN1CCN(c2ncc(C(=O)NCCc3ccccc3)cn2)CC1. The fourth-order valence-electron chi connectivity index (χ4n) is 2.70. The van der Waals surface area contributed by atoms with Gasteiger partial charge < -0.3 is 15.1 Å². The highest BCUT2D eigenvalue weighted by atomic mass is 16.1. The number of carbonyl (C=O) groups is 2. The van der Waals surface area contributed by atoms with Crippen molar-refractivity contribution >= 4 is 18.3 Å². The van der Waals surface area contributed by atoms with Crippen molar-refractivity contribution in [3.8, 4) is 0 Å². The maximum absolute atomic E-state index is 12.2. The Bertz CT molecular complexity index is 697. The first-order chi connectivity index (χ1) is 12.3. The minimum Gasteiger partial charge on any atom is -0.352 e. The Kier molecular flexibility index (Phi) is 5.56. The number of rotatable bonds is 6. The number of hydrogen-bond donors (Lipinski definition) is 1. The molecule has 25 heavy (non-hydrogen) atoms. The lowest BCUT2D eigenvalue weighted by Gasteiger charge is -2.32. The fourth-order valence-corrected chi connectivity index (χ4v) is 2.70. The molecule has 1 fully saturated rings. The lowest BCUT2D eigenvalue weighted by atomic mass is 10.1. The smallest absolute Gasteiger partial charge is 0.254 e. The number of piperazine rings is 1. The third-order valence-electron chi connectivity index (χ3n) is 4.19. The Labute approximate surface area is 146 Å². The summed E-state index contributed by atoms with van der Waals surface area (Å²) in [5, 5.41) is 2.88. The van der Waals surface area contributed by atoms with E-state index in [2.05, 4.69) is 15.3 Å². The van der Waals surface area contributed by atoms with Crippen LogP contribution in [0.15, 0.2) is 42.7 Å². The first-order valence-electron chi connectivity index (χ1n) is 8.35. The van der Waals surface area contributed by atoms with E-state index in [4.69, 9.17) is 0 Å². The molecule has 7 heteroatoms.